The number of carbonyl (C=O) groups excluding carboxylic acids is 1. The van der Waals surface area contributed by atoms with Gasteiger partial charge in [-0.15, -0.1) is 0 Å². The summed E-state index contributed by atoms with van der Waals surface area (Å²) in [6, 6.07) is 3.69. The number of rotatable bonds is 9. The lowest BCUT2D eigenvalue weighted by Crippen LogP contribution is -2.25. The number of nitrogens with one attached hydrogen (secondary N) is 2. The molecule has 2 N–H and O–H groups in total. The summed E-state index contributed by atoms with van der Waals surface area (Å²) < 4.78 is 0. The van der Waals surface area contributed by atoms with Crippen molar-refractivity contribution in [2.24, 2.45) is 0 Å². The minimum absolute atomic E-state index is 0.101. The zero-order valence-electron chi connectivity index (χ0n) is 12.8. The molecule has 1 aromatic heterocycles. The number of unbranched alkanes of at least 4 members (excludes halogenated alkanes) is 1. The summed E-state index contributed by atoms with van der Waals surface area (Å²) in [4.78, 5) is 18.2. The molecule has 0 aliphatic carbocycles. The average Bonchev–Trinajstić information content (AvgIpc) is 2.44. The highest BCUT2D eigenvalue weighted by Crippen LogP contribution is 2.08. The van der Waals surface area contributed by atoms with Crippen LogP contribution in [0.25, 0.3) is 0 Å². The van der Waals surface area contributed by atoms with Crippen LogP contribution in [-0.2, 0) is 0 Å². The van der Waals surface area contributed by atoms with Crippen LogP contribution in [0, 0.1) is 0 Å². The van der Waals surface area contributed by atoms with E-state index >= 15 is 0 Å². The summed E-state index contributed by atoms with van der Waals surface area (Å²) in [5.41, 5.74) is 1.41. The Morgan fingerprint density at radius 1 is 1.30 bits per heavy atom. The molecule has 1 amide bonds. The van der Waals surface area contributed by atoms with Crippen LogP contribution in [0.15, 0.2) is 18.3 Å². The number of pyridine rings is 1. The fourth-order valence-corrected chi connectivity index (χ4v) is 1.76. The first-order valence-corrected chi connectivity index (χ1v) is 7.26. The smallest absolute Gasteiger partial charge is 0.269 e. The van der Waals surface area contributed by atoms with Crippen LogP contribution < -0.4 is 10.6 Å². The van der Waals surface area contributed by atoms with Gasteiger partial charge in [-0.1, -0.05) is 13.3 Å². The van der Waals surface area contributed by atoms with E-state index in [1.54, 1.807) is 12.3 Å². The molecule has 0 saturated carbocycles. The van der Waals surface area contributed by atoms with Gasteiger partial charge in [0, 0.05) is 25.0 Å². The summed E-state index contributed by atoms with van der Waals surface area (Å²) in [6.07, 6.45) is 4.80. The van der Waals surface area contributed by atoms with Crippen LogP contribution in [0.1, 0.15) is 36.7 Å². The molecule has 0 bridgehead atoms. The first-order chi connectivity index (χ1) is 9.63. The third kappa shape index (κ3) is 6.52. The molecule has 0 atom stereocenters. The molecule has 5 nitrogen and oxygen atoms in total. The molecule has 0 fully saturated rings. The zero-order chi connectivity index (χ0) is 14.8. The first-order valence-electron chi connectivity index (χ1n) is 7.26. The van der Waals surface area contributed by atoms with E-state index < -0.39 is 0 Å². The third-order valence-corrected chi connectivity index (χ3v) is 2.92. The molecule has 20 heavy (non-hydrogen) atoms. The lowest BCUT2D eigenvalue weighted by atomic mass is 10.2. The highest BCUT2D eigenvalue weighted by molar-refractivity contribution is 5.93. The van der Waals surface area contributed by atoms with Crippen molar-refractivity contribution in [3.05, 3.63) is 24.0 Å². The van der Waals surface area contributed by atoms with Gasteiger partial charge in [0.1, 0.15) is 5.69 Å². The number of anilines is 1. The first kappa shape index (κ1) is 16.4. The van der Waals surface area contributed by atoms with Gasteiger partial charge in [0.05, 0.1) is 0 Å². The minimum atomic E-state index is -0.101. The van der Waals surface area contributed by atoms with Crippen LogP contribution in [0.3, 0.4) is 0 Å². The van der Waals surface area contributed by atoms with E-state index in [2.05, 4.69) is 41.5 Å². The van der Waals surface area contributed by atoms with Gasteiger partial charge in [0.15, 0.2) is 0 Å². The summed E-state index contributed by atoms with van der Waals surface area (Å²) in [5.74, 6) is -0.101. The Labute approximate surface area is 121 Å². The van der Waals surface area contributed by atoms with Crippen LogP contribution in [-0.4, -0.2) is 49.5 Å². The molecule has 0 aliphatic heterocycles. The summed E-state index contributed by atoms with van der Waals surface area (Å²) in [6.45, 7) is 4.74. The number of amides is 1. The topological polar surface area (TPSA) is 57.3 Å². The second kappa shape index (κ2) is 9.31. The lowest BCUT2D eigenvalue weighted by Gasteiger charge is -2.11. The SMILES string of the molecule is CCCCNC(=O)c1cc(NCCCN(C)C)ccn1. The van der Waals surface area contributed by atoms with Gasteiger partial charge in [-0.05, 0) is 45.6 Å². The summed E-state index contributed by atoms with van der Waals surface area (Å²) >= 11 is 0. The summed E-state index contributed by atoms with van der Waals surface area (Å²) in [5, 5.41) is 6.19. The Hall–Kier alpha value is -1.62. The van der Waals surface area contributed by atoms with Gasteiger partial charge in [-0.3, -0.25) is 9.78 Å². The number of carbonyl (C=O) groups is 1. The van der Waals surface area contributed by atoms with Gasteiger partial charge in [0.25, 0.3) is 5.91 Å². The Kier molecular flexibility index (Phi) is 7.65. The molecular weight excluding hydrogens is 252 g/mol. The second-order valence-electron chi connectivity index (χ2n) is 5.12. The van der Waals surface area contributed by atoms with Gasteiger partial charge in [-0.25, -0.2) is 0 Å². The maximum atomic E-state index is 11.9. The molecule has 1 aromatic rings. The molecule has 0 aromatic carbocycles. The van der Waals surface area contributed by atoms with E-state index in [0.29, 0.717) is 12.2 Å². The fraction of sp³-hybridized carbons (Fsp3) is 0.600. The number of aromatic nitrogens is 1. The number of hydrogen-bond donors (Lipinski definition) is 2. The monoisotopic (exact) mass is 278 g/mol. The summed E-state index contributed by atoms with van der Waals surface area (Å²) in [7, 11) is 4.12. The molecule has 1 rings (SSSR count). The molecule has 0 saturated heterocycles. The van der Waals surface area contributed by atoms with Crippen molar-refractivity contribution < 1.29 is 4.79 Å². The molecule has 0 unspecified atom stereocenters. The van der Waals surface area contributed by atoms with E-state index in [0.717, 1.165) is 38.0 Å². The predicted octanol–water partition coefficient (Wildman–Crippen LogP) is 1.98. The van der Waals surface area contributed by atoms with Crippen LogP contribution in [0.4, 0.5) is 5.69 Å². The van der Waals surface area contributed by atoms with Gasteiger partial charge in [-0.2, -0.15) is 0 Å². The maximum absolute atomic E-state index is 11.9. The van der Waals surface area contributed by atoms with Crippen molar-refractivity contribution in [2.45, 2.75) is 26.2 Å². The van der Waals surface area contributed by atoms with E-state index in [-0.39, 0.29) is 5.91 Å². The molecule has 1 heterocycles. The lowest BCUT2D eigenvalue weighted by molar-refractivity contribution is 0.0948. The maximum Gasteiger partial charge on any atom is 0.269 e. The van der Waals surface area contributed by atoms with Crippen LogP contribution >= 0.6 is 0 Å². The second-order valence-corrected chi connectivity index (χ2v) is 5.12. The molecule has 0 radical (unpaired) electrons. The highest BCUT2D eigenvalue weighted by atomic mass is 16.1. The van der Waals surface area contributed by atoms with E-state index in [1.807, 2.05) is 6.07 Å². The number of nitrogens with zero attached hydrogens (tertiary/aromatic N) is 2. The largest absolute Gasteiger partial charge is 0.385 e. The van der Waals surface area contributed by atoms with Crippen molar-refractivity contribution in [1.29, 1.82) is 0 Å². The molecule has 5 heteroatoms. The molecule has 112 valence electrons. The van der Waals surface area contributed by atoms with Crippen molar-refractivity contribution in [3.8, 4) is 0 Å². The molecule has 0 aliphatic rings. The van der Waals surface area contributed by atoms with Crippen LogP contribution in [0.2, 0.25) is 0 Å². The zero-order valence-corrected chi connectivity index (χ0v) is 12.8. The normalized spacial score (nSPS) is 10.6. The van der Waals surface area contributed by atoms with Gasteiger partial charge >= 0.3 is 0 Å². The number of hydrogen-bond acceptors (Lipinski definition) is 4. The fourth-order valence-electron chi connectivity index (χ4n) is 1.76. The van der Waals surface area contributed by atoms with E-state index in [1.165, 1.54) is 0 Å². The minimum Gasteiger partial charge on any atom is -0.385 e. The predicted molar refractivity (Wildman–Crippen MR) is 83.1 cm³/mol. The molecular formula is C15H26N4O. The standard InChI is InChI=1S/C15H26N4O/c1-4-5-8-18-15(20)14-12-13(7-10-17-14)16-9-6-11-19(2)3/h7,10,12H,4-6,8-9,11H2,1-3H3,(H,16,17)(H,18,20). The average molecular weight is 278 g/mol. The van der Waals surface area contributed by atoms with Crippen molar-refractivity contribution in [3.63, 3.8) is 0 Å². The highest BCUT2D eigenvalue weighted by Gasteiger charge is 2.06. The quantitative estimate of drug-likeness (QED) is 0.678. The van der Waals surface area contributed by atoms with Crippen molar-refractivity contribution >= 4 is 11.6 Å². The van der Waals surface area contributed by atoms with E-state index in [9.17, 15) is 4.79 Å². The van der Waals surface area contributed by atoms with E-state index in [4.69, 9.17) is 0 Å². The Bertz CT molecular complexity index is 407. The Morgan fingerprint density at radius 2 is 2.10 bits per heavy atom. The van der Waals surface area contributed by atoms with Gasteiger partial charge < -0.3 is 15.5 Å². The third-order valence-electron chi connectivity index (χ3n) is 2.92. The molecule has 0 spiro atoms. The van der Waals surface area contributed by atoms with Crippen LogP contribution in [0.5, 0.6) is 0 Å². The van der Waals surface area contributed by atoms with Crippen molar-refractivity contribution in [1.82, 2.24) is 15.2 Å². The Balaban J connectivity index is 2.42. The van der Waals surface area contributed by atoms with Crippen molar-refractivity contribution in [2.75, 3.05) is 39.0 Å². The van der Waals surface area contributed by atoms with Gasteiger partial charge in [0.2, 0.25) is 0 Å². The Morgan fingerprint density at radius 3 is 2.80 bits per heavy atom.